The van der Waals surface area contributed by atoms with Gasteiger partial charge in [-0.25, -0.2) is 0 Å². The molecule has 3 nitrogen and oxygen atoms in total. The number of benzene rings is 8. The molecular weight excluding hydrogens is 621 g/mol. The summed E-state index contributed by atoms with van der Waals surface area (Å²) < 4.78 is 280. The number of nitrogens with zero attached hydrogens (tertiary/aromatic N) is 2. The Balaban J connectivity index is 1.50. The Morgan fingerprint density at radius 2 is 0.902 bits per heavy atom. The van der Waals surface area contributed by atoms with Gasteiger partial charge in [-0.05, 0) is 76.6 Å². The van der Waals surface area contributed by atoms with E-state index in [1.165, 1.54) is 0 Å². The predicted octanol–water partition coefficient (Wildman–Crippen LogP) is 13.1. The van der Waals surface area contributed by atoms with Crippen LogP contribution in [0.1, 0.15) is 41.1 Å². The van der Waals surface area contributed by atoms with Gasteiger partial charge in [0.2, 0.25) is 0 Å². The van der Waals surface area contributed by atoms with Gasteiger partial charge in [-0.3, -0.25) is 0 Å². The van der Waals surface area contributed by atoms with Crippen LogP contribution in [0.2, 0.25) is 0 Å². The van der Waals surface area contributed by atoms with Gasteiger partial charge in [-0.15, -0.1) is 0 Å². The van der Waals surface area contributed by atoms with Crippen LogP contribution in [0, 0.1) is 0 Å². The minimum Gasteiger partial charge on any atom is -0.456 e. The van der Waals surface area contributed by atoms with E-state index in [1.54, 1.807) is 0 Å². The predicted molar refractivity (Wildman–Crippen MR) is 213 cm³/mol. The molecule has 0 unspecified atom stereocenters. The quantitative estimate of drug-likeness (QED) is 0.181. The first-order chi connectivity index (χ1) is 37.8. The van der Waals surface area contributed by atoms with Crippen molar-refractivity contribution in [3.05, 3.63) is 181 Å². The molecule has 11 rings (SSSR count). The van der Waals surface area contributed by atoms with Crippen molar-refractivity contribution in [1.82, 2.24) is 9.13 Å². The van der Waals surface area contributed by atoms with E-state index in [9.17, 15) is 16.4 Å². The molecule has 0 fully saturated rings. The fourth-order valence-corrected chi connectivity index (χ4v) is 6.45. The average Bonchev–Trinajstić information content (AvgIpc) is 3.69. The molecule has 0 aliphatic rings. The topological polar surface area (TPSA) is 23.0 Å². The van der Waals surface area contributed by atoms with Gasteiger partial charge in [-0.2, -0.15) is 0 Å². The molecule has 8 aromatic carbocycles. The van der Waals surface area contributed by atoms with Crippen LogP contribution in [0.25, 0.3) is 99.2 Å². The van der Waals surface area contributed by atoms with Gasteiger partial charge in [-0.1, -0.05) is 127 Å². The van der Waals surface area contributed by atoms with Crippen molar-refractivity contribution < 1.29 is 45.5 Å². The Hall–Kier alpha value is -6.84. The molecule has 11 aromatic rings. The van der Waals surface area contributed by atoms with Crippen LogP contribution in [0.15, 0.2) is 186 Å². The maximum Gasteiger partial charge on any atom is 0.138 e. The summed E-state index contributed by atoms with van der Waals surface area (Å²) in [5.74, 6) is 0. The van der Waals surface area contributed by atoms with Crippen LogP contribution in [-0.2, 0) is 0 Å². The number of rotatable bonds is 4. The molecule has 238 valence electrons. The van der Waals surface area contributed by atoms with Crippen molar-refractivity contribution in [2.75, 3.05) is 0 Å². The Labute approximate surface area is 336 Å². The number of para-hydroxylation sites is 4. The Morgan fingerprint density at radius 1 is 0.373 bits per heavy atom. The third-order valence-corrected chi connectivity index (χ3v) is 8.43. The van der Waals surface area contributed by atoms with Crippen LogP contribution in [0.4, 0.5) is 0 Å². The number of fused-ring (bicyclic) bond motifs is 9. The Bertz CT molecular complexity index is 4820. The van der Waals surface area contributed by atoms with Crippen molar-refractivity contribution >= 4 is 65.6 Å². The van der Waals surface area contributed by atoms with Crippen molar-refractivity contribution in [1.29, 1.82) is 0 Å². The van der Waals surface area contributed by atoms with E-state index < -0.39 is 280 Å². The number of hydrogen-bond donors (Lipinski definition) is 0. The van der Waals surface area contributed by atoms with Crippen LogP contribution >= 0.6 is 0 Å². The lowest BCUT2D eigenvalue weighted by Gasteiger charge is -2.13. The molecule has 0 bridgehead atoms. The van der Waals surface area contributed by atoms with E-state index in [0.29, 0.717) is 4.57 Å². The average molecular weight is 681 g/mol. The smallest absolute Gasteiger partial charge is 0.138 e. The lowest BCUT2D eigenvalue weighted by atomic mass is 9.95. The van der Waals surface area contributed by atoms with E-state index in [1.807, 2.05) is 0 Å². The highest BCUT2D eigenvalue weighted by Crippen LogP contribution is 2.46. The van der Waals surface area contributed by atoms with E-state index in [2.05, 4.69) is 0 Å². The molecule has 0 saturated heterocycles. The van der Waals surface area contributed by atoms with Gasteiger partial charge in [0.05, 0.1) is 74.3 Å². The van der Waals surface area contributed by atoms with E-state index in [4.69, 9.17) is 29.1 Å². The van der Waals surface area contributed by atoms with Crippen LogP contribution < -0.4 is 0 Å². The maximum atomic E-state index is 10.1. The largest absolute Gasteiger partial charge is 0.456 e. The van der Waals surface area contributed by atoms with Gasteiger partial charge in [0.1, 0.15) is 11.2 Å². The van der Waals surface area contributed by atoms with Gasteiger partial charge in [0.15, 0.2) is 0 Å². The first-order valence-corrected chi connectivity index (χ1v) is 15.0. The van der Waals surface area contributed by atoms with Gasteiger partial charge in [0, 0.05) is 32.6 Å². The Morgan fingerprint density at radius 3 is 1.59 bits per heavy atom. The second-order valence-electron chi connectivity index (χ2n) is 11.0. The van der Waals surface area contributed by atoms with Crippen LogP contribution in [0.3, 0.4) is 0 Å². The molecular formula is C48H30N2O. The normalized spacial score (nSPS) is 20.2. The van der Waals surface area contributed by atoms with Gasteiger partial charge in [0.25, 0.3) is 0 Å². The van der Waals surface area contributed by atoms with Crippen LogP contribution in [0.5, 0.6) is 0 Å². The Kier molecular flexibility index (Phi) is 2.47. The molecule has 0 radical (unpaired) electrons. The summed E-state index contributed by atoms with van der Waals surface area (Å²) >= 11 is 0. The van der Waals surface area contributed by atoms with Crippen molar-refractivity contribution in [3.8, 4) is 33.6 Å². The lowest BCUT2D eigenvalue weighted by molar-refractivity contribution is 0.669. The molecule has 0 N–H and O–H groups in total. The van der Waals surface area contributed by atoms with E-state index in [0.717, 1.165) is 4.57 Å². The molecule has 3 aromatic heterocycles. The van der Waals surface area contributed by atoms with Gasteiger partial charge >= 0.3 is 0 Å². The summed E-state index contributed by atoms with van der Waals surface area (Å²) in [6.45, 7) is 0. The molecule has 51 heavy (non-hydrogen) atoms. The fourth-order valence-electron chi connectivity index (χ4n) is 6.45. The summed E-state index contributed by atoms with van der Waals surface area (Å²) in [6, 6.07) is -29.2. The zero-order valence-electron chi connectivity index (χ0n) is 55.3. The number of hydrogen-bond acceptors (Lipinski definition) is 1. The summed E-state index contributed by atoms with van der Waals surface area (Å²) in [5, 5.41) is -3.93. The minimum atomic E-state index is -1.12. The summed E-state index contributed by atoms with van der Waals surface area (Å²) in [7, 11) is 0. The third-order valence-electron chi connectivity index (χ3n) is 8.43. The second kappa shape index (κ2) is 10.8. The van der Waals surface area contributed by atoms with Crippen molar-refractivity contribution in [3.63, 3.8) is 0 Å². The monoisotopic (exact) mass is 680 g/mol. The maximum absolute atomic E-state index is 10.1. The zero-order chi connectivity index (χ0) is 59.6. The molecule has 3 heteroatoms. The molecule has 0 spiro atoms. The van der Waals surface area contributed by atoms with E-state index in [-0.39, 0.29) is 0 Å². The second-order valence-corrected chi connectivity index (χ2v) is 11.0. The van der Waals surface area contributed by atoms with Crippen molar-refractivity contribution in [2.45, 2.75) is 0 Å². The van der Waals surface area contributed by atoms with Crippen LogP contribution in [-0.4, -0.2) is 9.13 Å². The van der Waals surface area contributed by atoms with Gasteiger partial charge < -0.3 is 13.6 Å². The zero-order valence-corrected chi connectivity index (χ0v) is 25.3. The summed E-state index contributed by atoms with van der Waals surface area (Å²) in [4.78, 5) is 0. The molecule has 0 aliphatic carbocycles. The summed E-state index contributed by atoms with van der Waals surface area (Å²) in [5.41, 5.74) is -9.32. The summed E-state index contributed by atoms with van der Waals surface area (Å²) in [6.07, 6.45) is 0. The molecule has 0 saturated carbocycles. The standard InChI is InChI=1S/C48H30N2O/c1-3-15-31(16-4-1)32-29-43(48-38-21-9-12-28-44(38)51-45(48)30-32)50-40-25-11-8-20-37(40)47-35(23-14-27-42(47)50)34-22-13-26-41-46(34)36-19-7-10-24-39(36)49(41)33-17-5-2-6-18-33/h1-30H/i1D,2D,3D,4D,5D,6D,7D,8D,9D,10D,11D,12D,13D,14D,15D,16D,17D,18D,19D,20D,21D,22D,23D,24D,25D,26D,27D,28D,29D,30D. The minimum absolute atomic E-state index is 0.582. The number of furan rings is 1. The highest BCUT2D eigenvalue weighted by molar-refractivity contribution is 6.23. The molecule has 3 heterocycles. The molecule has 0 aliphatic heterocycles. The van der Waals surface area contributed by atoms with E-state index >= 15 is 0 Å². The first-order valence-electron chi connectivity index (χ1n) is 30.0. The lowest BCUT2D eigenvalue weighted by Crippen LogP contribution is -1.96. The number of aromatic nitrogens is 2. The SMILES string of the molecule is [2H]c1c([2H])c([2H])c(-c2c([2H])c(-n3c4c([2H])c([2H])c([2H])c([2H])c4c4c(-c5c([2H])c([2H])c([2H])c6c5c5c([2H])c([2H])c([2H])c([2H])c5n6-c5c([2H])c([2H])c([2H])c([2H])c5[2H])c([2H])c([2H])c([2H])c43)c3c(oc4c([2H])c([2H])c([2H])c([2H])c43)c2[2H])c([2H])c1[2H]. The fraction of sp³-hybridized carbons (Fsp3) is 0. The molecule has 0 atom stereocenters. The highest BCUT2D eigenvalue weighted by Gasteiger charge is 2.23. The third kappa shape index (κ3) is 4.06. The molecule has 0 amide bonds. The first kappa shape index (κ1) is 11.6. The van der Waals surface area contributed by atoms with Crippen molar-refractivity contribution in [2.24, 2.45) is 0 Å². The highest BCUT2D eigenvalue weighted by atomic mass is 16.3.